The van der Waals surface area contributed by atoms with E-state index in [0.717, 1.165) is 63.2 Å². The van der Waals surface area contributed by atoms with E-state index >= 15 is 0 Å². The van der Waals surface area contributed by atoms with Crippen LogP contribution in [0.25, 0.3) is 0 Å². The van der Waals surface area contributed by atoms with E-state index in [1.54, 1.807) is 7.11 Å². The van der Waals surface area contributed by atoms with E-state index in [1.807, 2.05) is 19.2 Å². The molecule has 1 spiro atoms. The highest BCUT2D eigenvalue weighted by Gasteiger charge is 2.45. The summed E-state index contributed by atoms with van der Waals surface area (Å²) in [6.45, 7) is 4.49. The summed E-state index contributed by atoms with van der Waals surface area (Å²) >= 11 is 0. The minimum absolute atomic E-state index is 0.139. The number of hydrogen-bond donors (Lipinski definition) is 2. The van der Waals surface area contributed by atoms with Gasteiger partial charge in [0.15, 0.2) is 0 Å². The number of rotatable bonds is 9. The Labute approximate surface area is 191 Å². The van der Waals surface area contributed by atoms with Gasteiger partial charge in [0.2, 0.25) is 5.91 Å². The van der Waals surface area contributed by atoms with Crippen molar-refractivity contribution in [2.75, 3.05) is 40.8 Å². The molecule has 2 N–H and O–H groups in total. The van der Waals surface area contributed by atoms with Gasteiger partial charge in [-0.1, -0.05) is 12.1 Å². The first kappa shape index (κ1) is 22.8. The summed E-state index contributed by atoms with van der Waals surface area (Å²) in [5.74, 6) is 1.64. The fourth-order valence-corrected chi connectivity index (χ4v) is 5.39. The lowest BCUT2D eigenvalue weighted by Crippen LogP contribution is -2.31. The normalized spacial score (nSPS) is 23.4. The van der Waals surface area contributed by atoms with Gasteiger partial charge in [-0.15, -0.1) is 0 Å². The molecule has 1 saturated carbocycles. The average molecular weight is 440 g/mol. The summed E-state index contributed by atoms with van der Waals surface area (Å²) in [5.41, 5.74) is 3.84. The van der Waals surface area contributed by atoms with E-state index in [4.69, 9.17) is 4.74 Å². The van der Waals surface area contributed by atoms with Crippen LogP contribution in [0.3, 0.4) is 0 Å². The number of hydrogen-bond acceptors (Lipinski definition) is 5. The minimum Gasteiger partial charge on any atom is -0.497 e. The third kappa shape index (κ3) is 5.15. The molecule has 1 aliphatic heterocycles. The zero-order valence-corrected chi connectivity index (χ0v) is 19.7. The molecule has 0 atom stereocenters. The molecular weight excluding hydrogens is 402 g/mol. The fourth-order valence-electron chi connectivity index (χ4n) is 5.39. The number of nitrogens with one attached hydrogen (secondary N) is 2. The Bertz CT molecular complexity index is 886. The van der Waals surface area contributed by atoms with Crippen molar-refractivity contribution in [3.8, 4) is 5.75 Å². The number of likely N-dealkylation sites (tertiary alicyclic amines) is 1. The monoisotopic (exact) mass is 439 g/mol. The van der Waals surface area contributed by atoms with Crippen LogP contribution in [0.1, 0.15) is 54.8 Å². The van der Waals surface area contributed by atoms with Crippen molar-refractivity contribution >= 4 is 5.91 Å². The summed E-state index contributed by atoms with van der Waals surface area (Å²) < 4.78 is 5.24. The Hall–Kier alpha value is -2.38. The number of methoxy groups -OCH3 is 1. The standard InChI is InChI=1S/C25H37N5O2/c1-26-12-13-29(2)17-21-15-27-28-24(21)20-8-10-25(11-9-20)14-23(31)30(18-25)16-19-4-6-22(32-3)7-5-19/h4-7,15,20,26H,8-14,16-18H2,1-3H3,(H,27,28). The number of ether oxygens (including phenoxy) is 1. The topological polar surface area (TPSA) is 73.5 Å². The van der Waals surface area contributed by atoms with Crippen LogP contribution in [0, 0.1) is 5.41 Å². The predicted molar refractivity (Wildman–Crippen MR) is 126 cm³/mol. The zero-order valence-electron chi connectivity index (χ0n) is 19.7. The van der Waals surface area contributed by atoms with Gasteiger partial charge in [-0.3, -0.25) is 9.89 Å². The highest BCUT2D eigenvalue weighted by molar-refractivity contribution is 5.79. The fraction of sp³-hybridized carbons (Fsp3) is 0.600. The van der Waals surface area contributed by atoms with Crippen molar-refractivity contribution < 1.29 is 9.53 Å². The van der Waals surface area contributed by atoms with Crippen LogP contribution in [0.15, 0.2) is 30.5 Å². The molecule has 2 aromatic rings. The molecule has 1 aliphatic carbocycles. The molecule has 1 saturated heterocycles. The first-order chi connectivity index (χ1) is 15.5. The van der Waals surface area contributed by atoms with Gasteiger partial charge in [-0.2, -0.15) is 5.10 Å². The second kappa shape index (κ2) is 10.0. The summed E-state index contributed by atoms with van der Waals surface area (Å²) in [7, 11) is 5.82. The molecule has 174 valence electrons. The molecule has 0 unspecified atom stereocenters. The van der Waals surface area contributed by atoms with Crippen molar-refractivity contribution in [2.24, 2.45) is 5.41 Å². The maximum Gasteiger partial charge on any atom is 0.223 e. The summed E-state index contributed by atoms with van der Waals surface area (Å²) in [4.78, 5) is 17.2. The molecule has 2 fully saturated rings. The molecule has 0 bridgehead atoms. The van der Waals surface area contributed by atoms with Crippen molar-refractivity contribution in [1.29, 1.82) is 0 Å². The molecular formula is C25H37N5O2. The molecule has 7 heteroatoms. The summed E-state index contributed by atoms with van der Waals surface area (Å²) in [5, 5.41) is 10.9. The number of amides is 1. The highest BCUT2D eigenvalue weighted by atomic mass is 16.5. The lowest BCUT2D eigenvalue weighted by atomic mass is 9.69. The van der Waals surface area contributed by atoms with Gasteiger partial charge >= 0.3 is 0 Å². The lowest BCUT2D eigenvalue weighted by Gasteiger charge is -2.36. The second-order valence-corrected chi connectivity index (χ2v) is 9.69. The van der Waals surface area contributed by atoms with Crippen LogP contribution >= 0.6 is 0 Å². The van der Waals surface area contributed by atoms with E-state index in [0.29, 0.717) is 24.8 Å². The largest absolute Gasteiger partial charge is 0.497 e. The van der Waals surface area contributed by atoms with Gasteiger partial charge in [0, 0.05) is 56.8 Å². The third-order valence-electron chi connectivity index (χ3n) is 7.31. The number of carbonyl (C=O) groups excluding carboxylic acids is 1. The number of aromatic nitrogens is 2. The minimum atomic E-state index is 0.139. The highest BCUT2D eigenvalue weighted by Crippen LogP contribution is 2.49. The van der Waals surface area contributed by atoms with Crippen LogP contribution in [-0.2, 0) is 17.9 Å². The Morgan fingerprint density at radius 2 is 2.03 bits per heavy atom. The van der Waals surface area contributed by atoms with E-state index in [2.05, 4.69) is 50.7 Å². The maximum atomic E-state index is 12.8. The van der Waals surface area contributed by atoms with Gasteiger partial charge in [0.1, 0.15) is 5.75 Å². The van der Waals surface area contributed by atoms with E-state index < -0.39 is 0 Å². The maximum absolute atomic E-state index is 12.8. The van der Waals surface area contributed by atoms with Gasteiger partial charge < -0.3 is 19.9 Å². The lowest BCUT2D eigenvalue weighted by molar-refractivity contribution is -0.128. The molecule has 1 amide bonds. The first-order valence-corrected chi connectivity index (χ1v) is 11.8. The molecule has 1 aromatic heterocycles. The number of aromatic amines is 1. The Balaban J connectivity index is 1.33. The molecule has 4 rings (SSSR count). The number of benzene rings is 1. The number of H-pyrrole nitrogens is 1. The van der Waals surface area contributed by atoms with Gasteiger partial charge in [0.05, 0.1) is 12.8 Å². The predicted octanol–water partition coefficient (Wildman–Crippen LogP) is 3.15. The van der Waals surface area contributed by atoms with Gasteiger partial charge in [-0.05, 0) is 62.9 Å². The summed E-state index contributed by atoms with van der Waals surface area (Å²) in [6.07, 6.45) is 7.18. The molecule has 0 radical (unpaired) electrons. The number of likely N-dealkylation sites (N-methyl/N-ethyl adjacent to an activating group) is 2. The third-order valence-corrected chi connectivity index (χ3v) is 7.31. The summed E-state index contributed by atoms with van der Waals surface area (Å²) in [6, 6.07) is 8.05. The van der Waals surface area contributed by atoms with E-state index in [-0.39, 0.29) is 5.41 Å². The zero-order chi connectivity index (χ0) is 22.6. The van der Waals surface area contributed by atoms with Crippen LogP contribution in [0.4, 0.5) is 0 Å². The van der Waals surface area contributed by atoms with Crippen molar-refractivity contribution in [3.05, 3.63) is 47.3 Å². The smallest absolute Gasteiger partial charge is 0.223 e. The van der Waals surface area contributed by atoms with Crippen LogP contribution in [0.2, 0.25) is 0 Å². The van der Waals surface area contributed by atoms with Crippen LogP contribution < -0.4 is 10.1 Å². The van der Waals surface area contributed by atoms with Crippen molar-refractivity contribution in [2.45, 2.75) is 51.1 Å². The first-order valence-electron chi connectivity index (χ1n) is 11.8. The molecule has 2 heterocycles. The van der Waals surface area contributed by atoms with Gasteiger partial charge in [-0.25, -0.2) is 0 Å². The number of nitrogens with zero attached hydrogens (tertiary/aromatic N) is 3. The quantitative estimate of drug-likeness (QED) is 0.628. The van der Waals surface area contributed by atoms with Crippen LogP contribution in [-0.4, -0.2) is 66.7 Å². The SMILES string of the molecule is CNCCN(C)Cc1c[nH]nc1C1CCC2(CC1)CC(=O)N(Cc1ccc(OC)cc1)C2. The Morgan fingerprint density at radius 1 is 1.28 bits per heavy atom. The Morgan fingerprint density at radius 3 is 2.72 bits per heavy atom. The van der Waals surface area contributed by atoms with Crippen molar-refractivity contribution in [3.63, 3.8) is 0 Å². The van der Waals surface area contributed by atoms with E-state index in [1.165, 1.54) is 11.3 Å². The number of carbonyl (C=O) groups is 1. The molecule has 32 heavy (non-hydrogen) atoms. The molecule has 2 aliphatic rings. The van der Waals surface area contributed by atoms with Gasteiger partial charge in [0.25, 0.3) is 0 Å². The van der Waals surface area contributed by atoms with Crippen LogP contribution in [0.5, 0.6) is 5.75 Å². The second-order valence-electron chi connectivity index (χ2n) is 9.69. The molecule has 7 nitrogen and oxygen atoms in total. The van der Waals surface area contributed by atoms with E-state index in [9.17, 15) is 4.79 Å². The molecule has 1 aromatic carbocycles. The van der Waals surface area contributed by atoms with Crippen molar-refractivity contribution in [1.82, 2.24) is 25.3 Å². The Kier molecular flexibility index (Phi) is 7.16. The average Bonchev–Trinajstić information content (AvgIpc) is 3.37.